The van der Waals surface area contributed by atoms with Gasteiger partial charge < -0.3 is 15.5 Å². The summed E-state index contributed by atoms with van der Waals surface area (Å²) in [5.41, 5.74) is -0.533. The van der Waals surface area contributed by atoms with Crippen LogP contribution in [-0.2, 0) is 0 Å². The predicted octanol–water partition coefficient (Wildman–Crippen LogP) is 2.14. The molecule has 6 nitrogen and oxygen atoms in total. The molecule has 1 aromatic heterocycles. The molecule has 0 saturated carbocycles. The molecule has 0 unspecified atom stereocenters. The molecular weight excluding hydrogens is 285 g/mol. The van der Waals surface area contributed by atoms with E-state index < -0.39 is 23.1 Å². The summed E-state index contributed by atoms with van der Waals surface area (Å²) in [6, 6.07) is 1.14. The fourth-order valence-corrected chi connectivity index (χ4v) is 1.51. The molecule has 0 radical (unpaired) electrons. The summed E-state index contributed by atoms with van der Waals surface area (Å²) in [6.45, 7) is 0. The first-order chi connectivity index (χ1) is 9.90. The van der Waals surface area contributed by atoms with Crippen LogP contribution in [0.15, 0.2) is 12.1 Å². The fourth-order valence-electron chi connectivity index (χ4n) is 1.51. The van der Waals surface area contributed by atoms with E-state index in [2.05, 4.69) is 25.6 Å². The average Bonchev–Trinajstić information content (AvgIpc) is 2.42. The molecule has 0 aliphatic rings. The zero-order valence-corrected chi connectivity index (χ0v) is 11.6. The summed E-state index contributed by atoms with van der Waals surface area (Å²) in [4.78, 5) is 13.6. The third kappa shape index (κ3) is 3.30. The van der Waals surface area contributed by atoms with Crippen LogP contribution in [0, 0.1) is 17.5 Å². The molecular formula is C12H13F3N6. The standard InChI is InChI=1S/C12H13F3N6/c1-16-10-18-11(20-12(19-10)21(2)3)17-9-7(14)4-6(13)5-8(9)15/h4-5H,1-3H3,(H2,16,17,18,19,20). The average molecular weight is 298 g/mol. The molecule has 0 amide bonds. The van der Waals surface area contributed by atoms with Crippen molar-refractivity contribution in [3.8, 4) is 0 Å². The van der Waals surface area contributed by atoms with Crippen molar-refractivity contribution in [3.05, 3.63) is 29.6 Å². The monoisotopic (exact) mass is 298 g/mol. The number of nitrogens with zero attached hydrogens (tertiary/aromatic N) is 4. The highest BCUT2D eigenvalue weighted by atomic mass is 19.1. The summed E-state index contributed by atoms with van der Waals surface area (Å²) in [7, 11) is 5.01. The van der Waals surface area contributed by atoms with E-state index in [0.717, 1.165) is 0 Å². The Labute approximate surface area is 119 Å². The van der Waals surface area contributed by atoms with Crippen molar-refractivity contribution in [1.82, 2.24) is 15.0 Å². The minimum Gasteiger partial charge on any atom is -0.357 e. The van der Waals surface area contributed by atoms with Gasteiger partial charge in [0.2, 0.25) is 17.8 Å². The van der Waals surface area contributed by atoms with Gasteiger partial charge in [-0.2, -0.15) is 15.0 Å². The second kappa shape index (κ2) is 5.81. The molecule has 0 aliphatic heterocycles. The van der Waals surface area contributed by atoms with Gasteiger partial charge in [-0.1, -0.05) is 0 Å². The summed E-state index contributed by atoms with van der Waals surface area (Å²) in [5, 5.41) is 5.10. The molecule has 0 bridgehead atoms. The van der Waals surface area contributed by atoms with Gasteiger partial charge in [-0.25, -0.2) is 13.2 Å². The summed E-state index contributed by atoms with van der Waals surface area (Å²) < 4.78 is 40.1. The lowest BCUT2D eigenvalue weighted by Gasteiger charge is -2.13. The topological polar surface area (TPSA) is 66.0 Å². The summed E-state index contributed by atoms with van der Waals surface area (Å²) in [6.07, 6.45) is 0. The molecule has 21 heavy (non-hydrogen) atoms. The molecule has 2 aromatic rings. The van der Waals surface area contributed by atoms with E-state index in [1.807, 2.05) is 0 Å². The van der Waals surface area contributed by atoms with Crippen molar-refractivity contribution in [2.75, 3.05) is 36.7 Å². The number of aromatic nitrogens is 3. The Kier molecular flexibility index (Phi) is 4.10. The van der Waals surface area contributed by atoms with E-state index in [1.54, 1.807) is 26.0 Å². The van der Waals surface area contributed by atoms with E-state index in [-0.39, 0.29) is 11.9 Å². The SMILES string of the molecule is CNc1nc(Nc2c(F)cc(F)cc2F)nc(N(C)C)n1. The Balaban J connectivity index is 2.42. The number of hydrogen-bond donors (Lipinski definition) is 2. The second-order valence-corrected chi connectivity index (χ2v) is 4.30. The largest absolute Gasteiger partial charge is 0.357 e. The number of halogens is 3. The number of benzene rings is 1. The van der Waals surface area contributed by atoms with Gasteiger partial charge >= 0.3 is 0 Å². The van der Waals surface area contributed by atoms with Crippen molar-refractivity contribution in [1.29, 1.82) is 0 Å². The number of anilines is 4. The van der Waals surface area contributed by atoms with E-state index in [1.165, 1.54) is 0 Å². The van der Waals surface area contributed by atoms with Crippen LogP contribution < -0.4 is 15.5 Å². The molecule has 0 saturated heterocycles. The van der Waals surface area contributed by atoms with Gasteiger partial charge in [0.15, 0.2) is 11.6 Å². The molecule has 112 valence electrons. The third-order valence-electron chi connectivity index (χ3n) is 2.49. The van der Waals surface area contributed by atoms with Crippen LogP contribution in [0.5, 0.6) is 0 Å². The Morgan fingerprint density at radius 1 is 0.952 bits per heavy atom. The normalized spacial score (nSPS) is 10.4. The highest BCUT2D eigenvalue weighted by molar-refractivity contribution is 5.57. The maximum atomic E-state index is 13.6. The maximum Gasteiger partial charge on any atom is 0.233 e. The molecule has 0 atom stereocenters. The summed E-state index contributed by atoms with van der Waals surface area (Å²) >= 11 is 0. The van der Waals surface area contributed by atoms with Crippen LogP contribution in [0.1, 0.15) is 0 Å². The first-order valence-electron chi connectivity index (χ1n) is 5.93. The molecule has 2 rings (SSSR count). The molecule has 1 aromatic carbocycles. The van der Waals surface area contributed by atoms with Gasteiger partial charge in [0.05, 0.1) is 0 Å². The highest BCUT2D eigenvalue weighted by Gasteiger charge is 2.14. The zero-order valence-electron chi connectivity index (χ0n) is 11.6. The Hall–Kier alpha value is -2.58. The summed E-state index contributed by atoms with van der Waals surface area (Å²) in [5.74, 6) is -2.71. The molecule has 0 aliphatic carbocycles. The van der Waals surface area contributed by atoms with E-state index in [4.69, 9.17) is 0 Å². The molecule has 1 heterocycles. The fraction of sp³-hybridized carbons (Fsp3) is 0.250. The Bertz CT molecular complexity index is 638. The first-order valence-corrected chi connectivity index (χ1v) is 5.93. The Morgan fingerprint density at radius 2 is 1.52 bits per heavy atom. The third-order valence-corrected chi connectivity index (χ3v) is 2.49. The lowest BCUT2D eigenvalue weighted by atomic mass is 10.3. The second-order valence-electron chi connectivity index (χ2n) is 4.30. The van der Waals surface area contributed by atoms with E-state index in [0.29, 0.717) is 18.1 Å². The minimum atomic E-state index is -1.08. The van der Waals surface area contributed by atoms with Gasteiger partial charge in [0.1, 0.15) is 11.5 Å². The van der Waals surface area contributed by atoms with E-state index >= 15 is 0 Å². The zero-order chi connectivity index (χ0) is 15.6. The molecule has 2 N–H and O–H groups in total. The van der Waals surface area contributed by atoms with E-state index in [9.17, 15) is 13.2 Å². The van der Waals surface area contributed by atoms with Crippen LogP contribution in [0.4, 0.5) is 36.7 Å². The van der Waals surface area contributed by atoms with Crippen LogP contribution in [0.3, 0.4) is 0 Å². The highest BCUT2D eigenvalue weighted by Crippen LogP contribution is 2.23. The van der Waals surface area contributed by atoms with Crippen LogP contribution in [0.25, 0.3) is 0 Å². The molecule has 9 heteroatoms. The van der Waals surface area contributed by atoms with Gasteiger partial charge in [-0.15, -0.1) is 0 Å². The van der Waals surface area contributed by atoms with Crippen molar-refractivity contribution >= 4 is 23.5 Å². The van der Waals surface area contributed by atoms with Crippen molar-refractivity contribution < 1.29 is 13.2 Å². The lowest BCUT2D eigenvalue weighted by molar-refractivity contribution is 0.548. The number of rotatable bonds is 4. The molecule has 0 spiro atoms. The maximum absolute atomic E-state index is 13.6. The predicted molar refractivity (Wildman–Crippen MR) is 73.3 cm³/mol. The van der Waals surface area contributed by atoms with Gasteiger partial charge in [0, 0.05) is 33.3 Å². The van der Waals surface area contributed by atoms with Crippen molar-refractivity contribution in [2.24, 2.45) is 0 Å². The lowest BCUT2D eigenvalue weighted by Crippen LogP contribution is -2.16. The van der Waals surface area contributed by atoms with Gasteiger partial charge in [-0.3, -0.25) is 0 Å². The van der Waals surface area contributed by atoms with Gasteiger partial charge in [0.25, 0.3) is 0 Å². The van der Waals surface area contributed by atoms with Crippen LogP contribution in [0.2, 0.25) is 0 Å². The van der Waals surface area contributed by atoms with Crippen molar-refractivity contribution in [2.45, 2.75) is 0 Å². The smallest absolute Gasteiger partial charge is 0.233 e. The van der Waals surface area contributed by atoms with Crippen LogP contribution >= 0.6 is 0 Å². The van der Waals surface area contributed by atoms with Crippen LogP contribution in [-0.4, -0.2) is 36.1 Å². The number of hydrogen-bond acceptors (Lipinski definition) is 6. The minimum absolute atomic E-state index is 0.0672. The number of nitrogens with one attached hydrogen (secondary N) is 2. The quantitative estimate of drug-likeness (QED) is 0.901. The molecule has 0 fully saturated rings. The first kappa shape index (κ1) is 14.8. The van der Waals surface area contributed by atoms with Crippen molar-refractivity contribution in [3.63, 3.8) is 0 Å². The Morgan fingerprint density at radius 3 is 2.05 bits per heavy atom. The van der Waals surface area contributed by atoms with Gasteiger partial charge in [-0.05, 0) is 0 Å².